The molecule has 0 bridgehead atoms. The molecule has 0 spiro atoms. The Morgan fingerprint density at radius 1 is 1.35 bits per heavy atom. The van der Waals surface area contributed by atoms with Gasteiger partial charge in [-0.3, -0.25) is 19.8 Å². The maximum Gasteiger partial charge on any atom is 0.283 e. The molecule has 20 heavy (non-hydrogen) atoms. The Morgan fingerprint density at radius 2 is 2.10 bits per heavy atom. The van der Waals surface area contributed by atoms with E-state index >= 15 is 0 Å². The number of nitrogens with two attached hydrogens (primary N) is 1. The van der Waals surface area contributed by atoms with E-state index in [0.29, 0.717) is 5.69 Å². The number of aromatic nitrogens is 1. The number of hydrazine groups is 1. The number of carbonyl (C=O) groups excluding carboxylic acids is 3. The molecule has 1 aromatic rings. The molecule has 3 amide bonds. The van der Waals surface area contributed by atoms with E-state index in [-0.39, 0.29) is 37.1 Å². The average molecular weight is 277 g/mol. The standard InChI is InChI=1S/C12H15N5O3/c1-16-6-11(19)17(7-10(16)18)5-8-3-2-4-9(14-8)12(20)15-13/h2-4H,5-7,13H2,1H3,(H,15,20). The molecule has 8 nitrogen and oxygen atoms in total. The molecule has 1 saturated heterocycles. The first-order valence-electron chi connectivity index (χ1n) is 6.00. The molecule has 0 atom stereocenters. The van der Waals surface area contributed by atoms with Crippen molar-refractivity contribution < 1.29 is 14.4 Å². The molecular weight excluding hydrogens is 262 g/mol. The highest BCUT2D eigenvalue weighted by molar-refractivity contribution is 5.92. The van der Waals surface area contributed by atoms with Crippen molar-refractivity contribution in [2.75, 3.05) is 20.1 Å². The summed E-state index contributed by atoms with van der Waals surface area (Å²) in [6, 6.07) is 4.85. The summed E-state index contributed by atoms with van der Waals surface area (Å²) in [7, 11) is 1.59. The summed E-state index contributed by atoms with van der Waals surface area (Å²) in [5.41, 5.74) is 2.68. The lowest BCUT2D eigenvalue weighted by Crippen LogP contribution is -2.51. The van der Waals surface area contributed by atoms with Crippen molar-refractivity contribution in [2.24, 2.45) is 5.84 Å². The van der Waals surface area contributed by atoms with Gasteiger partial charge in [0, 0.05) is 7.05 Å². The third-order valence-electron chi connectivity index (χ3n) is 3.00. The zero-order chi connectivity index (χ0) is 14.7. The third-order valence-corrected chi connectivity index (χ3v) is 3.00. The molecule has 1 fully saturated rings. The summed E-state index contributed by atoms with van der Waals surface area (Å²) in [5, 5.41) is 0. The number of rotatable bonds is 3. The minimum Gasteiger partial charge on any atom is -0.335 e. The molecule has 2 rings (SSSR count). The van der Waals surface area contributed by atoms with Crippen LogP contribution in [0.2, 0.25) is 0 Å². The summed E-state index contributed by atoms with van der Waals surface area (Å²) >= 11 is 0. The highest BCUT2D eigenvalue weighted by atomic mass is 16.2. The van der Waals surface area contributed by atoms with Gasteiger partial charge in [-0.1, -0.05) is 6.07 Å². The number of nitrogens with zero attached hydrogens (tertiary/aromatic N) is 3. The van der Waals surface area contributed by atoms with E-state index in [0.717, 1.165) is 0 Å². The molecule has 0 radical (unpaired) electrons. The van der Waals surface area contributed by atoms with Crippen LogP contribution in [0.4, 0.5) is 0 Å². The molecule has 1 aromatic heterocycles. The predicted molar refractivity (Wildman–Crippen MR) is 68.9 cm³/mol. The number of amides is 3. The number of hydrogen-bond donors (Lipinski definition) is 2. The second kappa shape index (κ2) is 5.66. The van der Waals surface area contributed by atoms with Crippen LogP contribution < -0.4 is 11.3 Å². The number of piperazine rings is 1. The molecule has 0 unspecified atom stereocenters. The van der Waals surface area contributed by atoms with Crippen molar-refractivity contribution in [2.45, 2.75) is 6.54 Å². The first-order chi connectivity index (χ1) is 9.51. The van der Waals surface area contributed by atoms with E-state index in [9.17, 15) is 14.4 Å². The first kappa shape index (κ1) is 13.9. The Hall–Kier alpha value is -2.48. The van der Waals surface area contributed by atoms with Crippen LogP contribution in [0.3, 0.4) is 0 Å². The van der Waals surface area contributed by atoms with Crippen LogP contribution in [0, 0.1) is 0 Å². The second-order valence-electron chi connectivity index (χ2n) is 4.49. The number of nitrogen functional groups attached to an aromatic ring is 1. The average Bonchev–Trinajstić information content (AvgIpc) is 2.44. The number of pyridine rings is 1. The molecule has 0 saturated carbocycles. The fourth-order valence-corrected chi connectivity index (χ4v) is 1.87. The lowest BCUT2D eigenvalue weighted by Gasteiger charge is -2.31. The van der Waals surface area contributed by atoms with Gasteiger partial charge in [-0.25, -0.2) is 10.8 Å². The monoisotopic (exact) mass is 277 g/mol. The summed E-state index contributed by atoms with van der Waals surface area (Å²) in [4.78, 5) is 41.7. The minimum atomic E-state index is -0.507. The smallest absolute Gasteiger partial charge is 0.283 e. The van der Waals surface area contributed by atoms with Crippen molar-refractivity contribution >= 4 is 17.7 Å². The number of nitrogens with one attached hydrogen (secondary N) is 1. The first-order valence-corrected chi connectivity index (χ1v) is 6.00. The molecule has 3 N–H and O–H groups in total. The normalized spacial score (nSPS) is 15.5. The van der Waals surface area contributed by atoms with Crippen LogP contribution >= 0.6 is 0 Å². The Morgan fingerprint density at radius 3 is 2.80 bits per heavy atom. The highest BCUT2D eigenvalue weighted by Crippen LogP contribution is 2.08. The van der Waals surface area contributed by atoms with E-state index in [1.54, 1.807) is 19.2 Å². The predicted octanol–water partition coefficient (Wildman–Crippen LogP) is -1.51. The lowest BCUT2D eigenvalue weighted by atomic mass is 10.2. The minimum absolute atomic E-state index is 0.0182. The van der Waals surface area contributed by atoms with Gasteiger partial charge in [0.05, 0.1) is 18.8 Å². The van der Waals surface area contributed by atoms with Crippen LogP contribution in [-0.4, -0.2) is 52.6 Å². The number of carbonyl (C=O) groups is 3. The molecule has 1 aliphatic rings. The van der Waals surface area contributed by atoms with E-state index in [1.807, 2.05) is 5.43 Å². The van der Waals surface area contributed by atoms with Crippen LogP contribution in [0.15, 0.2) is 18.2 Å². The largest absolute Gasteiger partial charge is 0.335 e. The molecule has 0 aliphatic carbocycles. The van der Waals surface area contributed by atoms with Gasteiger partial charge in [-0.05, 0) is 12.1 Å². The van der Waals surface area contributed by atoms with E-state index in [2.05, 4.69) is 4.98 Å². The van der Waals surface area contributed by atoms with Gasteiger partial charge in [0.15, 0.2) is 0 Å². The van der Waals surface area contributed by atoms with Crippen molar-refractivity contribution in [1.82, 2.24) is 20.2 Å². The Kier molecular flexibility index (Phi) is 3.94. The summed E-state index contributed by atoms with van der Waals surface area (Å²) < 4.78 is 0. The zero-order valence-electron chi connectivity index (χ0n) is 11.0. The maximum atomic E-state index is 11.8. The number of likely N-dealkylation sites (N-methyl/N-ethyl adjacent to an activating group) is 1. The van der Waals surface area contributed by atoms with Gasteiger partial charge in [0.1, 0.15) is 12.2 Å². The van der Waals surface area contributed by atoms with Crippen LogP contribution in [-0.2, 0) is 16.1 Å². The SMILES string of the molecule is CN1CC(=O)N(Cc2cccc(C(=O)NN)n2)CC1=O. The van der Waals surface area contributed by atoms with Gasteiger partial charge in [-0.2, -0.15) is 0 Å². The highest BCUT2D eigenvalue weighted by Gasteiger charge is 2.27. The third kappa shape index (κ3) is 2.91. The fraction of sp³-hybridized carbons (Fsp3) is 0.333. The summed E-state index contributed by atoms with van der Waals surface area (Å²) in [5.74, 6) is 4.26. The Bertz CT molecular complexity index is 560. The number of hydrogen-bond acceptors (Lipinski definition) is 5. The molecular formula is C12H15N5O3. The molecule has 1 aliphatic heterocycles. The lowest BCUT2D eigenvalue weighted by molar-refractivity contribution is -0.149. The fourth-order valence-electron chi connectivity index (χ4n) is 1.87. The van der Waals surface area contributed by atoms with Crippen LogP contribution in [0.5, 0.6) is 0 Å². The maximum absolute atomic E-state index is 11.8. The van der Waals surface area contributed by atoms with Crippen molar-refractivity contribution in [3.63, 3.8) is 0 Å². The molecule has 8 heteroatoms. The topological polar surface area (TPSA) is 109 Å². The van der Waals surface area contributed by atoms with Gasteiger partial charge < -0.3 is 9.80 Å². The Balaban J connectivity index is 2.12. The van der Waals surface area contributed by atoms with Crippen molar-refractivity contribution in [3.8, 4) is 0 Å². The second-order valence-corrected chi connectivity index (χ2v) is 4.49. The van der Waals surface area contributed by atoms with E-state index in [1.165, 1.54) is 15.9 Å². The molecule has 0 aromatic carbocycles. The van der Waals surface area contributed by atoms with Gasteiger partial charge in [-0.15, -0.1) is 0 Å². The quantitative estimate of drug-likeness (QED) is 0.396. The van der Waals surface area contributed by atoms with Crippen molar-refractivity contribution in [3.05, 3.63) is 29.6 Å². The molecule has 106 valence electrons. The molecule has 2 heterocycles. The summed E-state index contributed by atoms with van der Waals surface area (Å²) in [6.45, 7) is 0.260. The van der Waals surface area contributed by atoms with Gasteiger partial charge >= 0.3 is 0 Å². The van der Waals surface area contributed by atoms with E-state index in [4.69, 9.17) is 5.84 Å². The van der Waals surface area contributed by atoms with Gasteiger partial charge in [0.2, 0.25) is 11.8 Å². The van der Waals surface area contributed by atoms with Gasteiger partial charge in [0.25, 0.3) is 5.91 Å². The Labute approximate surface area is 115 Å². The van der Waals surface area contributed by atoms with Crippen LogP contribution in [0.25, 0.3) is 0 Å². The van der Waals surface area contributed by atoms with Crippen LogP contribution in [0.1, 0.15) is 16.2 Å². The van der Waals surface area contributed by atoms with E-state index < -0.39 is 5.91 Å². The zero-order valence-corrected chi connectivity index (χ0v) is 11.0. The summed E-state index contributed by atoms with van der Waals surface area (Å²) in [6.07, 6.45) is 0. The van der Waals surface area contributed by atoms with Crippen molar-refractivity contribution in [1.29, 1.82) is 0 Å².